The normalized spacial score (nSPS) is 19.7. The van der Waals surface area contributed by atoms with E-state index in [4.69, 9.17) is 39.9 Å². The second-order valence-electron chi connectivity index (χ2n) is 13.3. The number of pyridine rings is 3. The van der Waals surface area contributed by atoms with Gasteiger partial charge in [0.25, 0.3) is 0 Å². The molecule has 11 heteroatoms. The molecule has 7 heterocycles. The summed E-state index contributed by atoms with van der Waals surface area (Å²) in [6.07, 6.45) is 5.63. The van der Waals surface area contributed by atoms with Crippen molar-refractivity contribution in [2.45, 2.75) is 58.2 Å². The van der Waals surface area contributed by atoms with E-state index in [1.165, 1.54) is 0 Å². The van der Waals surface area contributed by atoms with Crippen LogP contribution in [0.1, 0.15) is 58.2 Å². The Morgan fingerprint density at radius 3 is 1.11 bits per heavy atom. The van der Waals surface area contributed by atoms with Gasteiger partial charge in [0.15, 0.2) is 5.82 Å². The lowest BCUT2D eigenvalue weighted by Crippen LogP contribution is -2.15. The van der Waals surface area contributed by atoms with Gasteiger partial charge in [-0.25, -0.2) is 9.97 Å². The Kier molecular flexibility index (Phi) is 7.69. The molecule has 0 bridgehead atoms. The van der Waals surface area contributed by atoms with Crippen LogP contribution in [0.4, 0.5) is 0 Å². The smallest absolute Gasteiger partial charge is 0.179 e. The van der Waals surface area contributed by atoms with E-state index in [0.29, 0.717) is 22.9 Å². The van der Waals surface area contributed by atoms with E-state index in [2.05, 4.69) is 53.7 Å². The van der Waals surface area contributed by atoms with Gasteiger partial charge >= 0.3 is 0 Å². The molecule has 3 aliphatic rings. The molecule has 4 aromatic rings. The molecule has 0 aliphatic carbocycles. The number of nitrogens with zero attached hydrogens (tertiary/aromatic N) is 8. The zero-order valence-electron chi connectivity index (χ0n) is 26.2. The molecule has 0 aromatic carbocycles. The van der Waals surface area contributed by atoms with Gasteiger partial charge in [0, 0.05) is 52.5 Å². The number of hydrogen-bond acceptors (Lipinski definition) is 11. The van der Waals surface area contributed by atoms with Crippen LogP contribution in [0.3, 0.4) is 0 Å². The van der Waals surface area contributed by atoms with Crippen molar-refractivity contribution < 1.29 is 0 Å². The summed E-state index contributed by atoms with van der Waals surface area (Å²) in [6, 6.07) is 14.1. The first-order valence-corrected chi connectivity index (χ1v) is 17.9. The summed E-state index contributed by atoms with van der Waals surface area (Å²) < 4.78 is 0. The maximum Gasteiger partial charge on any atom is 0.179 e. The molecule has 7 rings (SSSR count). The van der Waals surface area contributed by atoms with Crippen molar-refractivity contribution in [3.05, 3.63) is 77.7 Å². The predicted molar refractivity (Wildman–Crippen MR) is 191 cm³/mol. The summed E-state index contributed by atoms with van der Waals surface area (Å²) in [5.74, 6) is 3.41. The largest absolute Gasteiger partial charge is 0.271 e. The van der Waals surface area contributed by atoms with Crippen LogP contribution in [0.15, 0.2) is 76.0 Å². The number of thioether (sulfide) groups is 3. The van der Waals surface area contributed by atoms with Gasteiger partial charge in [-0.3, -0.25) is 29.9 Å². The minimum atomic E-state index is -0.0609. The maximum absolute atomic E-state index is 4.94. The Balaban J connectivity index is 1.25. The van der Waals surface area contributed by atoms with Crippen molar-refractivity contribution >= 4 is 50.4 Å². The first-order chi connectivity index (χ1) is 21.4. The van der Waals surface area contributed by atoms with Crippen LogP contribution in [0.2, 0.25) is 0 Å². The average molecular weight is 651 g/mol. The third-order valence-electron chi connectivity index (χ3n) is 7.41. The Hall–Kier alpha value is -3.41. The van der Waals surface area contributed by atoms with Crippen LogP contribution in [0.25, 0.3) is 34.3 Å². The number of aromatic nitrogens is 5. The summed E-state index contributed by atoms with van der Waals surface area (Å²) in [4.78, 5) is 38.9. The van der Waals surface area contributed by atoms with E-state index in [0.717, 1.165) is 60.5 Å². The lowest BCUT2D eigenvalue weighted by Gasteiger charge is -2.10. The van der Waals surface area contributed by atoms with Crippen LogP contribution >= 0.6 is 35.3 Å². The highest BCUT2D eigenvalue weighted by Crippen LogP contribution is 2.34. The molecule has 0 N–H and O–H groups in total. The molecule has 228 valence electrons. The fraction of sp³-hybridized carbons (Fsp3) is 0.353. The third-order valence-corrected chi connectivity index (χ3v) is 11.8. The second-order valence-corrected chi connectivity index (χ2v) is 16.2. The first-order valence-electron chi connectivity index (χ1n) is 14.9. The summed E-state index contributed by atoms with van der Waals surface area (Å²) in [5, 5.41) is 3.07. The molecule has 0 spiro atoms. The van der Waals surface area contributed by atoms with E-state index in [9.17, 15) is 0 Å². The molecule has 0 fully saturated rings. The van der Waals surface area contributed by atoms with Crippen molar-refractivity contribution in [1.82, 2.24) is 24.9 Å². The van der Waals surface area contributed by atoms with Crippen molar-refractivity contribution in [2.24, 2.45) is 15.0 Å². The zero-order chi connectivity index (χ0) is 31.4. The van der Waals surface area contributed by atoms with Crippen LogP contribution in [0, 0.1) is 0 Å². The van der Waals surface area contributed by atoms with E-state index in [-0.39, 0.29) is 16.6 Å². The van der Waals surface area contributed by atoms with Crippen LogP contribution in [0.5, 0.6) is 0 Å². The molecular formula is C34H34N8S3. The molecule has 45 heavy (non-hydrogen) atoms. The molecule has 0 unspecified atom stereocenters. The molecule has 0 atom stereocenters. The highest BCUT2D eigenvalue weighted by molar-refractivity contribution is 8.15. The Labute approximate surface area is 276 Å². The Morgan fingerprint density at radius 1 is 0.467 bits per heavy atom. The molecule has 0 amide bonds. The van der Waals surface area contributed by atoms with E-state index in [1.807, 2.05) is 48.9 Å². The van der Waals surface area contributed by atoms with Gasteiger partial charge in [0.1, 0.15) is 5.69 Å². The summed E-state index contributed by atoms with van der Waals surface area (Å²) in [5.41, 5.74) is 6.45. The maximum atomic E-state index is 4.94. The fourth-order valence-corrected chi connectivity index (χ4v) is 8.48. The lowest BCUT2D eigenvalue weighted by molar-refractivity contribution is 0.605. The average Bonchev–Trinajstić information content (AvgIpc) is 3.71. The van der Waals surface area contributed by atoms with Gasteiger partial charge in [0.05, 0.1) is 54.5 Å². The van der Waals surface area contributed by atoms with Crippen molar-refractivity contribution in [2.75, 3.05) is 17.3 Å². The molecule has 4 aromatic heterocycles. The minimum absolute atomic E-state index is 0.0568. The van der Waals surface area contributed by atoms with Gasteiger partial charge in [0.2, 0.25) is 0 Å². The minimum Gasteiger partial charge on any atom is -0.271 e. The van der Waals surface area contributed by atoms with E-state index < -0.39 is 0 Å². The lowest BCUT2D eigenvalue weighted by atomic mass is 10.1. The topological polar surface area (TPSA) is 102 Å². The van der Waals surface area contributed by atoms with Gasteiger partial charge in [-0.15, -0.1) is 35.3 Å². The molecule has 0 saturated heterocycles. The van der Waals surface area contributed by atoms with Crippen LogP contribution < -0.4 is 0 Å². The predicted octanol–water partition coefficient (Wildman–Crippen LogP) is 7.48. The van der Waals surface area contributed by atoms with Gasteiger partial charge in [-0.1, -0.05) is 0 Å². The molecule has 3 aliphatic heterocycles. The summed E-state index contributed by atoms with van der Waals surface area (Å²) in [6.45, 7) is 12.9. The van der Waals surface area contributed by atoms with Gasteiger partial charge in [-0.2, -0.15) is 0 Å². The standard InChI is InChI=1S/C34H34N8S3/c1-32(2)17-43-29(40-32)20-7-10-23(35-14-20)26-13-27(24-11-8-21(15-36-24)30-41-33(3,4)18-44-30)39-28(38-26)25-12-9-22(16-37-25)31-42-34(5,6)19-45-31/h7-16H,17-19H2,1-6H3. The Morgan fingerprint density at radius 2 is 0.822 bits per heavy atom. The van der Waals surface area contributed by atoms with Crippen LogP contribution in [-0.4, -0.2) is 73.9 Å². The van der Waals surface area contributed by atoms with E-state index >= 15 is 0 Å². The van der Waals surface area contributed by atoms with Gasteiger partial charge in [-0.05, 0) is 84.0 Å². The first kappa shape index (κ1) is 30.3. The summed E-state index contributed by atoms with van der Waals surface area (Å²) in [7, 11) is 0. The molecular weight excluding hydrogens is 617 g/mol. The fourth-order valence-electron chi connectivity index (χ4n) is 5.02. The molecule has 0 saturated carbocycles. The second kappa shape index (κ2) is 11.4. The van der Waals surface area contributed by atoms with Crippen molar-refractivity contribution in [1.29, 1.82) is 0 Å². The third kappa shape index (κ3) is 6.62. The quantitative estimate of drug-likeness (QED) is 0.212. The van der Waals surface area contributed by atoms with Crippen molar-refractivity contribution in [3.8, 4) is 34.3 Å². The number of aliphatic imine (C=N–C) groups is 3. The monoisotopic (exact) mass is 650 g/mol. The molecule has 0 radical (unpaired) electrons. The van der Waals surface area contributed by atoms with E-state index in [1.54, 1.807) is 35.3 Å². The number of hydrogen-bond donors (Lipinski definition) is 0. The number of rotatable bonds is 6. The highest BCUT2D eigenvalue weighted by atomic mass is 32.2. The Bertz CT molecular complexity index is 1630. The highest BCUT2D eigenvalue weighted by Gasteiger charge is 2.28. The van der Waals surface area contributed by atoms with Crippen LogP contribution in [-0.2, 0) is 0 Å². The summed E-state index contributed by atoms with van der Waals surface area (Å²) >= 11 is 5.31. The van der Waals surface area contributed by atoms with Gasteiger partial charge < -0.3 is 0 Å². The molecule has 8 nitrogen and oxygen atoms in total. The SMILES string of the molecule is CC1(C)CSC(c2ccc(-c3cc(-c4ccc(C5=NC(C)(C)CS5)cn4)nc(-c4ccc(C5=NC(C)(C)CS5)cn4)n3)nc2)=N1. The van der Waals surface area contributed by atoms with Crippen molar-refractivity contribution in [3.63, 3.8) is 0 Å². The zero-order valence-corrected chi connectivity index (χ0v) is 28.6.